The summed E-state index contributed by atoms with van der Waals surface area (Å²) in [5.74, 6) is 0.161. The average Bonchev–Trinajstić information content (AvgIpc) is 2.47. The zero-order chi connectivity index (χ0) is 14.5. The fourth-order valence-corrected chi connectivity index (χ4v) is 1.84. The second kappa shape index (κ2) is 6.16. The number of amides is 1. The number of hydrogen-bond donors (Lipinski definition) is 2. The molecule has 1 aromatic carbocycles. The molecule has 1 unspecified atom stereocenters. The fourth-order valence-electron chi connectivity index (χ4n) is 1.84. The number of nitrogens with one attached hydrogen (secondary N) is 1. The highest BCUT2D eigenvalue weighted by Crippen LogP contribution is 2.22. The van der Waals surface area contributed by atoms with E-state index >= 15 is 0 Å². The van der Waals surface area contributed by atoms with Crippen molar-refractivity contribution < 1.29 is 9.90 Å². The van der Waals surface area contributed by atoms with Crippen LogP contribution in [0, 0.1) is 0 Å². The number of rotatable bonds is 4. The summed E-state index contributed by atoms with van der Waals surface area (Å²) >= 11 is 0. The summed E-state index contributed by atoms with van der Waals surface area (Å²) in [4.78, 5) is 18.1. The molecule has 0 radical (unpaired) electrons. The molecule has 0 aliphatic heterocycles. The van der Waals surface area contributed by atoms with Crippen LogP contribution in [0.3, 0.4) is 0 Å². The van der Waals surface area contributed by atoms with Gasteiger partial charge in [0.05, 0.1) is 5.69 Å². The second-order valence-electron chi connectivity index (χ2n) is 4.57. The van der Waals surface area contributed by atoms with Gasteiger partial charge >= 0.3 is 0 Å². The monoisotopic (exact) mass is 271 g/mol. The van der Waals surface area contributed by atoms with Gasteiger partial charge in [-0.15, -0.1) is 0 Å². The lowest BCUT2D eigenvalue weighted by atomic mass is 10.1. The van der Waals surface area contributed by atoms with Crippen molar-refractivity contribution in [2.45, 2.75) is 6.10 Å². The molecule has 1 amide bonds. The van der Waals surface area contributed by atoms with Crippen LogP contribution in [0.2, 0.25) is 0 Å². The highest BCUT2D eigenvalue weighted by Gasteiger charge is 2.18. The summed E-state index contributed by atoms with van der Waals surface area (Å²) in [5.41, 5.74) is 1.12. The van der Waals surface area contributed by atoms with Gasteiger partial charge in [-0.05, 0) is 17.7 Å². The molecule has 0 aliphatic carbocycles. The lowest BCUT2D eigenvalue weighted by Crippen LogP contribution is -2.23. The average molecular weight is 271 g/mol. The third kappa shape index (κ3) is 3.13. The van der Waals surface area contributed by atoms with Crippen molar-refractivity contribution in [2.75, 3.05) is 24.3 Å². The van der Waals surface area contributed by atoms with Crippen LogP contribution >= 0.6 is 0 Å². The molecule has 2 N–H and O–H groups in total. The number of carbonyl (C=O) groups is 1. The van der Waals surface area contributed by atoms with Crippen molar-refractivity contribution in [1.29, 1.82) is 0 Å². The first-order valence-corrected chi connectivity index (χ1v) is 6.26. The summed E-state index contributed by atoms with van der Waals surface area (Å²) < 4.78 is 0. The largest absolute Gasteiger partial charge is 0.378 e. The van der Waals surface area contributed by atoms with Gasteiger partial charge in [0.1, 0.15) is 0 Å². The number of aliphatic hydroxyl groups is 1. The van der Waals surface area contributed by atoms with Crippen molar-refractivity contribution in [3.63, 3.8) is 0 Å². The molecule has 0 fully saturated rings. The minimum Gasteiger partial charge on any atom is -0.378 e. The van der Waals surface area contributed by atoms with Crippen LogP contribution < -0.4 is 10.2 Å². The molecular formula is C15H17N3O2. The molecule has 20 heavy (non-hydrogen) atoms. The van der Waals surface area contributed by atoms with Gasteiger partial charge in [0.25, 0.3) is 5.91 Å². The minimum atomic E-state index is -1.20. The van der Waals surface area contributed by atoms with E-state index in [0.717, 1.165) is 0 Å². The third-order valence-electron chi connectivity index (χ3n) is 2.83. The lowest BCUT2D eigenvalue weighted by molar-refractivity contribution is -0.124. The first kappa shape index (κ1) is 14.0. The number of carbonyl (C=O) groups excluding carboxylic acids is 1. The Hall–Kier alpha value is -2.40. The Morgan fingerprint density at radius 3 is 2.55 bits per heavy atom. The maximum absolute atomic E-state index is 12.1. The fraction of sp³-hybridized carbons (Fsp3) is 0.200. The molecule has 0 spiro atoms. The van der Waals surface area contributed by atoms with Gasteiger partial charge in [0.15, 0.2) is 11.9 Å². The van der Waals surface area contributed by atoms with E-state index in [4.69, 9.17) is 0 Å². The number of benzene rings is 1. The van der Waals surface area contributed by atoms with Crippen LogP contribution in [0.25, 0.3) is 0 Å². The van der Waals surface area contributed by atoms with Crippen molar-refractivity contribution in [3.05, 3.63) is 54.2 Å². The van der Waals surface area contributed by atoms with Crippen molar-refractivity contribution in [2.24, 2.45) is 0 Å². The number of hydrogen-bond acceptors (Lipinski definition) is 4. The maximum Gasteiger partial charge on any atom is 0.257 e. The number of aromatic nitrogens is 1. The zero-order valence-electron chi connectivity index (χ0n) is 11.4. The molecule has 104 valence electrons. The molecule has 0 saturated carbocycles. The Morgan fingerprint density at radius 2 is 1.90 bits per heavy atom. The van der Waals surface area contributed by atoms with E-state index in [1.165, 1.54) is 0 Å². The van der Waals surface area contributed by atoms with Crippen molar-refractivity contribution in [1.82, 2.24) is 4.98 Å². The van der Waals surface area contributed by atoms with E-state index in [1.54, 1.807) is 47.5 Å². The number of aliphatic hydroxyl groups excluding tert-OH is 1. The molecule has 5 heteroatoms. The number of pyridine rings is 1. The summed E-state index contributed by atoms with van der Waals surface area (Å²) in [6.07, 6.45) is 0.449. The topological polar surface area (TPSA) is 65.5 Å². The summed E-state index contributed by atoms with van der Waals surface area (Å²) in [6, 6.07) is 12.3. The molecule has 1 heterocycles. The SMILES string of the molecule is CN(C)c1ncccc1NC(=O)C(O)c1ccccc1. The first-order valence-electron chi connectivity index (χ1n) is 6.26. The van der Waals surface area contributed by atoms with Gasteiger partial charge in [0.2, 0.25) is 0 Å². The summed E-state index contributed by atoms with van der Waals surface area (Å²) in [5, 5.41) is 12.7. The van der Waals surface area contributed by atoms with Crippen LogP contribution in [-0.2, 0) is 4.79 Å². The van der Waals surface area contributed by atoms with E-state index in [0.29, 0.717) is 17.1 Å². The standard InChI is InChI=1S/C15H17N3O2/c1-18(2)14-12(9-6-10-16-14)17-15(20)13(19)11-7-4-3-5-8-11/h3-10,13,19H,1-2H3,(H,17,20). The highest BCUT2D eigenvalue weighted by atomic mass is 16.3. The second-order valence-corrected chi connectivity index (χ2v) is 4.57. The predicted octanol–water partition coefficient (Wildman–Crippen LogP) is 1.82. The third-order valence-corrected chi connectivity index (χ3v) is 2.83. The Balaban J connectivity index is 2.16. The van der Waals surface area contributed by atoms with E-state index in [2.05, 4.69) is 10.3 Å². The van der Waals surface area contributed by atoms with E-state index in [-0.39, 0.29) is 0 Å². The van der Waals surface area contributed by atoms with E-state index in [1.807, 2.05) is 20.2 Å². The minimum absolute atomic E-state index is 0.479. The highest BCUT2D eigenvalue weighted by molar-refractivity contribution is 5.96. The normalized spacial score (nSPS) is 11.8. The van der Waals surface area contributed by atoms with Crippen LogP contribution in [-0.4, -0.2) is 30.1 Å². The van der Waals surface area contributed by atoms with Crippen LogP contribution in [0.1, 0.15) is 11.7 Å². The molecular weight excluding hydrogens is 254 g/mol. The van der Waals surface area contributed by atoms with Gasteiger partial charge in [-0.25, -0.2) is 4.98 Å². The number of nitrogens with zero attached hydrogens (tertiary/aromatic N) is 2. The Bertz CT molecular complexity index is 585. The van der Waals surface area contributed by atoms with Gasteiger partial charge in [-0.1, -0.05) is 30.3 Å². The number of anilines is 2. The molecule has 1 atom stereocenters. The molecule has 0 aliphatic rings. The summed E-state index contributed by atoms with van der Waals surface area (Å²) in [6.45, 7) is 0. The van der Waals surface area contributed by atoms with Crippen LogP contribution in [0.4, 0.5) is 11.5 Å². The Kier molecular flexibility index (Phi) is 4.32. The summed E-state index contributed by atoms with van der Waals surface area (Å²) in [7, 11) is 3.68. The van der Waals surface area contributed by atoms with Crippen LogP contribution in [0.15, 0.2) is 48.7 Å². The molecule has 2 aromatic rings. The Morgan fingerprint density at radius 1 is 1.20 bits per heavy atom. The molecule has 0 saturated heterocycles. The van der Waals surface area contributed by atoms with Crippen molar-refractivity contribution in [3.8, 4) is 0 Å². The van der Waals surface area contributed by atoms with Crippen molar-refractivity contribution >= 4 is 17.4 Å². The molecule has 0 bridgehead atoms. The molecule has 5 nitrogen and oxygen atoms in total. The zero-order valence-corrected chi connectivity index (χ0v) is 11.4. The molecule has 2 rings (SSSR count). The van der Waals surface area contributed by atoms with E-state index < -0.39 is 12.0 Å². The van der Waals surface area contributed by atoms with Gasteiger partial charge in [-0.2, -0.15) is 0 Å². The van der Waals surface area contributed by atoms with Gasteiger partial charge < -0.3 is 15.3 Å². The smallest absolute Gasteiger partial charge is 0.257 e. The van der Waals surface area contributed by atoms with E-state index in [9.17, 15) is 9.90 Å². The quantitative estimate of drug-likeness (QED) is 0.890. The molecule has 1 aromatic heterocycles. The lowest BCUT2D eigenvalue weighted by Gasteiger charge is -2.17. The van der Waals surface area contributed by atoms with Gasteiger partial charge in [0, 0.05) is 20.3 Å². The van der Waals surface area contributed by atoms with Crippen LogP contribution in [0.5, 0.6) is 0 Å². The maximum atomic E-state index is 12.1. The first-order chi connectivity index (χ1) is 9.59. The van der Waals surface area contributed by atoms with Gasteiger partial charge in [-0.3, -0.25) is 4.79 Å². The predicted molar refractivity (Wildman–Crippen MR) is 78.6 cm³/mol. The Labute approximate surface area is 117 Å².